The summed E-state index contributed by atoms with van der Waals surface area (Å²) in [7, 11) is 1.66. The smallest absolute Gasteiger partial charge is 0.233 e. The molecule has 26 heavy (non-hydrogen) atoms. The number of anilines is 1. The van der Waals surface area contributed by atoms with Gasteiger partial charge in [-0.25, -0.2) is 0 Å². The number of carbonyl (C=O) groups is 1. The van der Waals surface area contributed by atoms with Gasteiger partial charge in [-0.3, -0.25) is 4.79 Å². The lowest BCUT2D eigenvalue weighted by Crippen LogP contribution is -2.37. The largest absolute Gasteiger partial charge is 0.497 e. The van der Waals surface area contributed by atoms with E-state index in [1.807, 2.05) is 31.2 Å². The number of rotatable bonds is 4. The number of methoxy groups -OCH3 is 1. The predicted molar refractivity (Wildman–Crippen MR) is 102 cm³/mol. The number of aromatic nitrogens is 2. The van der Waals surface area contributed by atoms with Crippen LogP contribution in [0.5, 0.6) is 5.75 Å². The molecule has 0 unspecified atom stereocenters. The van der Waals surface area contributed by atoms with Crippen LogP contribution in [0.1, 0.15) is 29.5 Å². The van der Waals surface area contributed by atoms with Crippen molar-refractivity contribution in [3.8, 4) is 5.75 Å². The van der Waals surface area contributed by atoms with E-state index < -0.39 is 5.41 Å². The first kappa shape index (κ1) is 16.7. The number of hydrogen-bond acceptors (Lipinski definition) is 5. The topological polar surface area (TPSA) is 64.1 Å². The second kappa shape index (κ2) is 6.53. The van der Waals surface area contributed by atoms with Crippen molar-refractivity contribution in [3.63, 3.8) is 0 Å². The number of amides is 1. The Labute approximate surface area is 156 Å². The minimum atomic E-state index is -0.623. The van der Waals surface area contributed by atoms with Crippen LogP contribution in [0.4, 0.5) is 5.13 Å². The third-order valence-corrected chi connectivity index (χ3v) is 5.70. The van der Waals surface area contributed by atoms with Crippen LogP contribution in [0.15, 0.2) is 54.0 Å². The maximum Gasteiger partial charge on any atom is 0.233 e. The molecule has 0 fully saturated rings. The number of benzene rings is 2. The summed E-state index contributed by atoms with van der Waals surface area (Å²) in [6.07, 6.45) is 0.663. The minimum absolute atomic E-state index is 0.0433. The highest BCUT2D eigenvalue weighted by Crippen LogP contribution is 2.52. The van der Waals surface area contributed by atoms with Gasteiger partial charge in [-0.05, 0) is 42.2 Å². The van der Waals surface area contributed by atoms with Crippen LogP contribution >= 0.6 is 11.3 Å². The van der Waals surface area contributed by atoms with Crippen molar-refractivity contribution in [2.24, 2.45) is 5.41 Å². The first-order chi connectivity index (χ1) is 12.6. The monoisotopic (exact) mass is 365 g/mol. The van der Waals surface area contributed by atoms with Gasteiger partial charge in [0.1, 0.15) is 11.3 Å². The van der Waals surface area contributed by atoms with E-state index in [0.717, 1.165) is 16.9 Å². The van der Waals surface area contributed by atoms with Crippen molar-refractivity contribution >= 4 is 22.4 Å². The first-order valence-electron chi connectivity index (χ1n) is 8.41. The first-order valence-corrected chi connectivity index (χ1v) is 9.29. The molecule has 5 nitrogen and oxygen atoms in total. The van der Waals surface area contributed by atoms with Gasteiger partial charge in [0, 0.05) is 5.92 Å². The second-order valence-electron chi connectivity index (χ2n) is 6.70. The van der Waals surface area contributed by atoms with Crippen molar-refractivity contribution in [1.82, 2.24) is 10.2 Å². The number of fused-ring (bicyclic) bond motifs is 1. The number of nitrogens with one attached hydrogen (secondary N) is 1. The molecule has 6 heteroatoms. The molecule has 0 saturated carbocycles. The molecule has 0 saturated heterocycles. The average Bonchev–Trinajstić information content (AvgIpc) is 3.27. The molecule has 1 heterocycles. The standard InChI is InChI=1S/C20H19N3O2S/c1-20(18(24)22-19-23-21-12-26-19)11-14-8-9-15(25-2)10-16(14)17(20)13-6-4-3-5-7-13/h3-10,12,17H,11H2,1-2H3,(H,22,23,24)/t17-,20+/m1/s1. The molecule has 0 aliphatic heterocycles. The Morgan fingerprint density at radius 2 is 2.08 bits per heavy atom. The van der Waals surface area contributed by atoms with Crippen LogP contribution in [0.3, 0.4) is 0 Å². The van der Waals surface area contributed by atoms with Gasteiger partial charge in [0.05, 0.1) is 12.5 Å². The molecule has 1 aromatic heterocycles. The van der Waals surface area contributed by atoms with Crippen molar-refractivity contribution < 1.29 is 9.53 Å². The fourth-order valence-electron chi connectivity index (χ4n) is 3.84. The lowest BCUT2D eigenvalue weighted by atomic mass is 9.73. The highest BCUT2D eigenvalue weighted by Gasteiger charge is 2.49. The quantitative estimate of drug-likeness (QED) is 0.762. The Hall–Kier alpha value is -2.73. The third kappa shape index (κ3) is 2.76. The van der Waals surface area contributed by atoms with Crippen molar-refractivity contribution in [2.75, 3.05) is 12.4 Å². The van der Waals surface area contributed by atoms with Gasteiger partial charge < -0.3 is 10.1 Å². The summed E-state index contributed by atoms with van der Waals surface area (Å²) in [5.41, 5.74) is 4.43. The van der Waals surface area contributed by atoms with E-state index in [1.54, 1.807) is 12.6 Å². The van der Waals surface area contributed by atoms with Gasteiger partial charge in [0.2, 0.25) is 11.0 Å². The molecule has 1 aliphatic rings. The summed E-state index contributed by atoms with van der Waals surface area (Å²) in [5.74, 6) is 0.707. The highest BCUT2D eigenvalue weighted by atomic mass is 32.1. The van der Waals surface area contributed by atoms with E-state index in [0.29, 0.717) is 11.6 Å². The Balaban J connectivity index is 1.79. The maximum atomic E-state index is 13.2. The summed E-state index contributed by atoms with van der Waals surface area (Å²) in [6, 6.07) is 16.2. The van der Waals surface area contributed by atoms with Gasteiger partial charge in [0.25, 0.3) is 0 Å². The molecule has 3 aromatic rings. The minimum Gasteiger partial charge on any atom is -0.497 e. The Kier molecular flexibility index (Phi) is 4.20. The molecular weight excluding hydrogens is 346 g/mol. The molecule has 0 radical (unpaired) electrons. The van der Waals surface area contributed by atoms with Crippen LogP contribution in [-0.2, 0) is 11.2 Å². The molecule has 132 valence electrons. The van der Waals surface area contributed by atoms with Gasteiger partial charge >= 0.3 is 0 Å². The van der Waals surface area contributed by atoms with Gasteiger partial charge in [0.15, 0.2) is 0 Å². The normalized spacial score (nSPS) is 21.2. The second-order valence-corrected chi connectivity index (χ2v) is 7.53. The fraction of sp³-hybridized carbons (Fsp3) is 0.250. The summed E-state index contributed by atoms with van der Waals surface area (Å²) in [5, 5.41) is 11.2. The van der Waals surface area contributed by atoms with Crippen molar-refractivity contribution in [2.45, 2.75) is 19.3 Å². The zero-order valence-corrected chi connectivity index (χ0v) is 15.4. The maximum absolute atomic E-state index is 13.2. The summed E-state index contributed by atoms with van der Waals surface area (Å²) in [4.78, 5) is 13.2. The summed E-state index contributed by atoms with van der Waals surface area (Å²) >= 11 is 1.32. The number of carbonyl (C=O) groups excluding carboxylic acids is 1. The van der Waals surface area contributed by atoms with Crippen LogP contribution < -0.4 is 10.1 Å². The fourth-order valence-corrected chi connectivity index (χ4v) is 4.28. The van der Waals surface area contributed by atoms with Crippen LogP contribution in [0.2, 0.25) is 0 Å². The Morgan fingerprint density at radius 1 is 1.27 bits per heavy atom. The molecule has 2 aromatic carbocycles. The van der Waals surface area contributed by atoms with E-state index in [4.69, 9.17) is 4.74 Å². The Morgan fingerprint density at radius 3 is 2.77 bits per heavy atom. The highest BCUT2D eigenvalue weighted by molar-refractivity contribution is 7.13. The van der Waals surface area contributed by atoms with Gasteiger partial charge in [-0.2, -0.15) is 0 Å². The molecule has 1 N–H and O–H groups in total. The number of hydrogen-bond donors (Lipinski definition) is 1. The van der Waals surface area contributed by atoms with Crippen LogP contribution in [0.25, 0.3) is 0 Å². The third-order valence-electron chi connectivity index (χ3n) is 5.09. The van der Waals surface area contributed by atoms with Crippen LogP contribution in [0, 0.1) is 5.41 Å². The lowest BCUT2D eigenvalue weighted by molar-refractivity contribution is -0.125. The number of nitrogens with zero attached hydrogens (tertiary/aromatic N) is 2. The van der Waals surface area contributed by atoms with E-state index in [2.05, 4.69) is 39.8 Å². The number of ether oxygens (including phenoxy) is 1. The molecule has 1 amide bonds. The summed E-state index contributed by atoms with van der Waals surface area (Å²) < 4.78 is 5.42. The van der Waals surface area contributed by atoms with E-state index in [-0.39, 0.29) is 11.8 Å². The van der Waals surface area contributed by atoms with Gasteiger partial charge in [-0.1, -0.05) is 47.7 Å². The van der Waals surface area contributed by atoms with Crippen molar-refractivity contribution in [3.05, 3.63) is 70.7 Å². The average molecular weight is 365 g/mol. The molecule has 0 spiro atoms. The van der Waals surface area contributed by atoms with E-state index in [9.17, 15) is 4.79 Å². The molecular formula is C20H19N3O2S. The molecule has 1 aliphatic carbocycles. The predicted octanol–water partition coefficient (Wildman–Crippen LogP) is 3.88. The SMILES string of the molecule is COc1ccc2c(c1)[C@@H](c1ccccc1)[C@@](C)(C(=O)Nc1nncs1)C2. The van der Waals surface area contributed by atoms with E-state index >= 15 is 0 Å². The van der Waals surface area contributed by atoms with Crippen molar-refractivity contribution in [1.29, 1.82) is 0 Å². The van der Waals surface area contributed by atoms with E-state index in [1.165, 1.54) is 16.9 Å². The molecule has 0 bridgehead atoms. The summed E-state index contributed by atoms with van der Waals surface area (Å²) in [6.45, 7) is 2.02. The van der Waals surface area contributed by atoms with Crippen LogP contribution in [-0.4, -0.2) is 23.2 Å². The Bertz CT molecular complexity index is 927. The zero-order valence-electron chi connectivity index (χ0n) is 14.6. The molecule has 4 rings (SSSR count). The molecule has 2 atom stereocenters. The lowest BCUT2D eigenvalue weighted by Gasteiger charge is -2.30. The van der Waals surface area contributed by atoms with Gasteiger partial charge in [-0.15, -0.1) is 10.2 Å². The zero-order chi connectivity index (χ0) is 18.1.